The van der Waals surface area contributed by atoms with Gasteiger partial charge in [-0.3, -0.25) is 9.36 Å². The van der Waals surface area contributed by atoms with Crippen LogP contribution in [0.4, 0.5) is 0 Å². The summed E-state index contributed by atoms with van der Waals surface area (Å²) in [6, 6.07) is 9.68. The van der Waals surface area contributed by atoms with E-state index in [4.69, 9.17) is 4.98 Å². The molecule has 4 aromatic rings. The molecule has 0 unspecified atom stereocenters. The number of nitrogens with zero attached hydrogens (tertiary/aromatic N) is 4. The maximum atomic E-state index is 12.9. The fourth-order valence-electron chi connectivity index (χ4n) is 3.60. The Morgan fingerprint density at radius 3 is 2.88 bits per heavy atom. The number of fused-ring (bicyclic) bond motifs is 3. The van der Waals surface area contributed by atoms with E-state index in [9.17, 15) is 4.79 Å². The van der Waals surface area contributed by atoms with E-state index in [-0.39, 0.29) is 11.0 Å². The predicted octanol–water partition coefficient (Wildman–Crippen LogP) is 4.04. The minimum Gasteiger partial charge on any atom is -0.296 e. The second-order valence-corrected chi connectivity index (χ2v) is 8.64. The minimum absolute atomic E-state index is 0.0651. The predicted molar refractivity (Wildman–Crippen MR) is 105 cm³/mol. The first-order valence-electron chi connectivity index (χ1n) is 8.76. The summed E-state index contributed by atoms with van der Waals surface area (Å²) in [6.07, 6.45) is 3.67. The molecule has 26 heavy (non-hydrogen) atoms. The van der Waals surface area contributed by atoms with Crippen molar-refractivity contribution < 1.29 is 0 Å². The topological polar surface area (TPSA) is 60.7 Å². The van der Waals surface area contributed by atoms with Crippen molar-refractivity contribution in [3.8, 4) is 10.6 Å². The summed E-state index contributed by atoms with van der Waals surface area (Å²) in [5.41, 5.74) is 2.84. The Morgan fingerprint density at radius 2 is 2.04 bits per heavy atom. The van der Waals surface area contributed by atoms with Crippen LogP contribution in [0.1, 0.15) is 26.1 Å². The highest BCUT2D eigenvalue weighted by Crippen LogP contribution is 2.32. The van der Waals surface area contributed by atoms with Gasteiger partial charge in [0.15, 0.2) is 0 Å². The zero-order chi connectivity index (χ0) is 17.9. The number of benzene rings is 1. The molecule has 5 rings (SSSR count). The molecule has 1 aliphatic heterocycles. The zero-order valence-electron chi connectivity index (χ0n) is 14.7. The van der Waals surface area contributed by atoms with Crippen LogP contribution in [0, 0.1) is 5.41 Å². The normalized spacial score (nSPS) is 16.1. The van der Waals surface area contributed by atoms with Gasteiger partial charge >= 0.3 is 0 Å². The third-order valence-electron chi connectivity index (χ3n) is 5.06. The van der Waals surface area contributed by atoms with Crippen LogP contribution >= 0.6 is 11.3 Å². The van der Waals surface area contributed by atoms with E-state index in [0.29, 0.717) is 5.39 Å². The molecule has 1 aliphatic rings. The van der Waals surface area contributed by atoms with Gasteiger partial charge in [-0.1, -0.05) is 31.3 Å². The van der Waals surface area contributed by atoms with Crippen molar-refractivity contribution in [3.05, 3.63) is 52.7 Å². The molecule has 0 saturated heterocycles. The maximum absolute atomic E-state index is 12.9. The van der Waals surface area contributed by atoms with Gasteiger partial charge < -0.3 is 0 Å². The molecule has 0 atom stereocenters. The lowest BCUT2D eigenvalue weighted by Gasteiger charge is -2.31. The highest BCUT2D eigenvalue weighted by Gasteiger charge is 2.27. The lowest BCUT2D eigenvalue weighted by Crippen LogP contribution is -2.36. The lowest BCUT2D eigenvalue weighted by molar-refractivity contribution is 0.240. The summed E-state index contributed by atoms with van der Waals surface area (Å²) in [7, 11) is 0. The van der Waals surface area contributed by atoms with E-state index in [1.54, 1.807) is 17.5 Å². The van der Waals surface area contributed by atoms with E-state index in [2.05, 4.69) is 23.8 Å². The number of rotatable bonds is 1. The minimum atomic E-state index is 0.0651. The molecule has 3 aromatic heterocycles. The van der Waals surface area contributed by atoms with E-state index in [0.717, 1.165) is 51.6 Å². The van der Waals surface area contributed by atoms with Gasteiger partial charge in [0, 0.05) is 24.7 Å². The number of thiazole rings is 1. The van der Waals surface area contributed by atoms with Crippen LogP contribution < -0.4 is 5.56 Å². The van der Waals surface area contributed by atoms with Gasteiger partial charge in [0.25, 0.3) is 5.56 Å². The van der Waals surface area contributed by atoms with Crippen LogP contribution in [-0.4, -0.2) is 19.5 Å². The molecule has 4 heterocycles. The van der Waals surface area contributed by atoms with Gasteiger partial charge in [0.1, 0.15) is 21.2 Å². The molecule has 0 saturated carbocycles. The summed E-state index contributed by atoms with van der Waals surface area (Å²) >= 11 is 1.56. The van der Waals surface area contributed by atoms with E-state index < -0.39 is 0 Å². The first-order valence-corrected chi connectivity index (χ1v) is 9.57. The van der Waals surface area contributed by atoms with Gasteiger partial charge in [-0.25, -0.2) is 15.0 Å². The highest BCUT2D eigenvalue weighted by molar-refractivity contribution is 7.21. The Hall–Kier alpha value is -2.60. The smallest absolute Gasteiger partial charge is 0.261 e. The Kier molecular flexibility index (Phi) is 3.28. The second kappa shape index (κ2) is 5.45. The van der Waals surface area contributed by atoms with Crippen LogP contribution in [0.15, 0.2) is 41.3 Å². The van der Waals surface area contributed by atoms with Crippen molar-refractivity contribution in [1.82, 2.24) is 19.5 Å². The van der Waals surface area contributed by atoms with Crippen LogP contribution in [0.25, 0.3) is 31.8 Å². The standard InChI is InChI=1S/C20H18N4OS/c1-20(2)8-7-16-22-15-10-12(5-6-13(15)19(25)24(16)11-20)17-23-14-4-3-9-21-18(14)26-17/h3-6,9-10H,7-8,11H2,1-2H3. The fourth-order valence-corrected chi connectivity index (χ4v) is 4.51. The monoisotopic (exact) mass is 362 g/mol. The summed E-state index contributed by atoms with van der Waals surface area (Å²) < 4.78 is 1.85. The van der Waals surface area contributed by atoms with Gasteiger partial charge in [-0.05, 0) is 36.1 Å². The van der Waals surface area contributed by atoms with Gasteiger partial charge in [0.05, 0.1) is 10.9 Å². The average Bonchev–Trinajstić information content (AvgIpc) is 3.06. The Labute approximate surface area is 154 Å². The molecule has 6 heteroatoms. The molecule has 0 bridgehead atoms. The van der Waals surface area contributed by atoms with Crippen LogP contribution in [0.2, 0.25) is 0 Å². The van der Waals surface area contributed by atoms with Crippen molar-refractivity contribution in [2.24, 2.45) is 5.41 Å². The molecular weight excluding hydrogens is 344 g/mol. The lowest BCUT2D eigenvalue weighted by atomic mass is 9.85. The molecule has 0 spiro atoms. The van der Waals surface area contributed by atoms with Crippen molar-refractivity contribution in [1.29, 1.82) is 0 Å². The molecular formula is C20H18N4OS. The second-order valence-electron chi connectivity index (χ2n) is 7.66. The van der Waals surface area contributed by atoms with Crippen LogP contribution in [-0.2, 0) is 13.0 Å². The molecule has 0 radical (unpaired) electrons. The highest BCUT2D eigenvalue weighted by atomic mass is 32.1. The molecule has 0 fully saturated rings. The van der Waals surface area contributed by atoms with Crippen molar-refractivity contribution in [2.45, 2.75) is 33.2 Å². The molecule has 0 amide bonds. The zero-order valence-corrected chi connectivity index (χ0v) is 15.5. The quantitative estimate of drug-likeness (QED) is 0.513. The SMILES string of the molecule is CC1(C)CCc2nc3cc(-c4nc5cccnc5s4)ccc3c(=O)n2C1. The third-order valence-corrected chi connectivity index (χ3v) is 6.09. The number of aromatic nitrogens is 4. The summed E-state index contributed by atoms with van der Waals surface area (Å²) in [5, 5.41) is 1.58. The van der Waals surface area contributed by atoms with Gasteiger partial charge in [0.2, 0.25) is 0 Å². The number of hydrogen-bond donors (Lipinski definition) is 0. The van der Waals surface area contributed by atoms with Crippen molar-refractivity contribution in [2.75, 3.05) is 0 Å². The molecule has 0 N–H and O–H groups in total. The molecule has 1 aromatic carbocycles. The molecule has 0 aliphatic carbocycles. The average molecular weight is 362 g/mol. The molecule has 5 nitrogen and oxygen atoms in total. The third kappa shape index (κ3) is 2.44. The van der Waals surface area contributed by atoms with Crippen molar-refractivity contribution in [3.63, 3.8) is 0 Å². The summed E-state index contributed by atoms with van der Waals surface area (Å²) in [6.45, 7) is 5.14. The summed E-state index contributed by atoms with van der Waals surface area (Å²) in [4.78, 5) is 27.7. The van der Waals surface area contributed by atoms with Gasteiger partial charge in [-0.15, -0.1) is 0 Å². The molecule has 130 valence electrons. The Bertz CT molecular complexity index is 1190. The maximum Gasteiger partial charge on any atom is 0.261 e. The largest absolute Gasteiger partial charge is 0.296 e. The van der Waals surface area contributed by atoms with E-state index >= 15 is 0 Å². The first-order chi connectivity index (χ1) is 12.5. The number of pyridine rings is 1. The van der Waals surface area contributed by atoms with Gasteiger partial charge in [-0.2, -0.15) is 0 Å². The number of hydrogen-bond acceptors (Lipinski definition) is 5. The summed E-state index contributed by atoms with van der Waals surface area (Å²) in [5.74, 6) is 0.893. The Balaban J connectivity index is 1.67. The van der Waals surface area contributed by atoms with E-state index in [1.165, 1.54) is 0 Å². The van der Waals surface area contributed by atoms with Crippen LogP contribution in [0.5, 0.6) is 0 Å². The number of aryl methyl sites for hydroxylation is 1. The Morgan fingerprint density at radius 1 is 1.15 bits per heavy atom. The fraction of sp³-hybridized carbons (Fsp3) is 0.300. The first kappa shape index (κ1) is 15.6. The van der Waals surface area contributed by atoms with E-state index in [1.807, 2.05) is 34.9 Å². The van der Waals surface area contributed by atoms with Crippen molar-refractivity contribution >= 4 is 32.6 Å². The van der Waals surface area contributed by atoms with Crippen LogP contribution in [0.3, 0.4) is 0 Å².